The van der Waals surface area contributed by atoms with Gasteiger partial charge in [0.15, 0.2) is 0 Å². The highest BCUT2D eigenvalue weighted by atomic mass is 16.4. The lowest BCUT2D eigenvalue weighted by Crippen LogP contribution is -2.29. The average Bonchev–Trinajstić information content (AvgIpc) is 3.13. The van der Waals surface area contributed by atoms with Crippen LogP contribution >= 0.6 is 0 Å². The molecule has 2 heterocycles. The first kappa shape index (κ1) is 16.3. The first-order valence-electron chi connectivity index (χ1n) is 8.55. The zero-order valence-electron chi connectivity index (χ0n) is 14.1. The van der Waals surface area contributed by atoms with Crippen molar-refractivity contribution < 1.29 is 14.7 Å². The van der Waals surface area contributed by atoms with E-state index in [-0.39, 0.29) is 18.4 Å². The summed E-state index contributed by atoms with van der Waals surface area (Å²) >= 11 is 0. The Labute approximate surface area is 150 Å². The maximum absolute atomic E-state index is 12.9. The number of benzene rings is 2. The Morgan fingerprint density at radius 2 is 1.81 bits per heavy atom. The summed E-state index contributed by atoms with van der Waals surface area (Å²) in [5.41, 5.74) is 2.34. The number of hydrogen-bond donors (Lipinski definition) is 1. The molecule has 1 fully saturated rings. The number of aliphatic carboxylic acids is 1. The van der Waals surface area contributed by atoms with Gasteiger partial charge in [0.25, 0.3) is 5.91 Å². The van der Waals surface area contributed by atoms with Crippen LogP contribution in [0.3, 0.4) is 0 Å². The molecule has 5 heteroatoms. The molecule has 0 unspecified atom stereocenters. The predicted octanol–water partition coefficient (Wildman–Crippen LogP) is 3.18. The Morgan fingerprint density at radius 3 is 2.58 bits per heavy atom. The molecule has 0 aliphatic carbocycles. The van der Waals surface area contributed by atoms with Crippen molar-refractivity contribution in [2.24, 2.45) is 5.92 Å². The van der Waals surface area contributed by atoms with E-state index in [2.05, 4.69) is 4.98 Å². The van der Waals surface area contributed by atoms with E-state index < -0.39 is 11.9 Å². The van der Waals surface area contributed by atoms with Crippen molar-refractivity contribution in [3.63, 3.8) is 0 Å². The van der Waals surface area contributed by atoms with Crippen molar-refractivity contribution in [2.75, 3.05) is 13.1 Å². The maximum Gasteiger partial charge on any atom is 0.308 e. The molecule has 1 aliphatic rings. The highest BCUT2D eigenvalue weighted by molar-refractivity contribution is 5.98. The summed E-state index contributed by atoms with van der Waals surface area (Å²) in [5, 5.41) is 10.5. The van der Waals surface area contributed by atoms with E-state index in [9.17, 15) is 14.7 Å². The van der Waals surface area contributed by atoms with Gasteiger partial charge in [-0.25, -0.2) is 0 Å². The summed E-state index contributed by atoms with van der Waals surface area (Å²) in [7, 11) is 0. The van der Waals surface area contributed by atoms with Gasteiger partial charge in [-0.05, 0) is 29.8 Å². The first-order chi connectivity index (χ1) is 12.6. The summed E-state index contributed by atoms with van der Waals surface area (Å²) < 4.78 is 0. The number of carboxylic acids is 1. The van der Waals surface area contributed by atoms with Gasteiger partial charge in [0, 0.05) is 36.2 Å². The normalized spacial score (nSPS) is 19.6. The number of fused-ring (bicyclic) bond motifs is 1. The molecule has 2 atom stereocenters. The van der Waals surface area contributed by atoms with Gasteiger partial charge in [-0.2, -0.15) is 0 Å². The third kappa shape index (κ3) is 2.92. The maximum atomic E-state index is 12.9. The number of carboxylic acid groups (broad SMARTS) is 1. The van der Waals surface area contributed by atoms with Crippen LogP contribution in [0.1, 0.15) is 21.8 Å². The zero-order valence-corrected chi connectivity index (χ0v) is 14.1. The van der Waals surface area contributed by atoms with Crippen molar-refractivity contribution in [3.8, 4) is 0 Å². The van der Waals surface area contributed by atoms with Crippen LogP contribution in [0.5, 0.6) is 0 Å². The van der Waals surface area contributed by atoms with Crippen molar-refractivity contribution >= 4 is 22.8 Å². The third-order valence-electron chi connectivity index (χ3n) is 5.00. The second-order valence-electron chi connectivity index (χ2n) is 6.58. The summed E-state index contributed by atoms with van der Waals surface area (Å²) in [6.45, 7) is 0.629. The number of aromatic nitrogens is 1. The molecule has 0 spiro atoms. The van der Waals surface area contributed by atoms with Crippen molar-refractivity contribution in [3.05, 3.63) is 78.0 Å². The van der Waals surface area contributed by atoms with Gasteiger partial charge in [0.1, 0.15) is 0 Å². The van der Waals surface area contributed by atoms with Gasteiger partial charge < -0.3 is 10.0 Å². The minimum absolute atomic E-state index is 0.138. The van der Waals surface area contributed by atoms with Crippen LogP contribution in [-0.2, 0) is 4.79 Å². The van der Waals surface area contributed by atoms with Crippen LogP contribution in [-0.4, -0.2) is 40.0 Å². The molecule has 0 saturated carbocycles. The lowest BCUT2D eigenvalue weighted by atomic mass is 9.89. The summed E-state index contributed by atoms with van der Waals surface area (Å²) in [5.74, 6) is -1.79. The number of nitrogens with zero attached hydrogens (tertiary/aromatic N) is 2. The number of rotatable bonds is 3. The van der Waals surface area contributed by atoms with Crippen LogP contribution in [0, 0.1) is 5.92 Å². The highest BCUT2D eigenvalue weighted by Crippen LogP contribution is 2.33. The Bertz CT molecular complexity index is 971. The van der Waals surface area contributed by atoms with E-state index in [1.165, 1.54) is 0 Å². The van der Waals surface area contributed by atoms with Crippen molar-refractivity contribution in [1.29, 1.82) is 0 Å². The summed E-state index contributed by atoms with van der Waals surface area (Å²) in [6.07, 6.45) is 1.71. The average molecular weight is 346 g/mol. The quantitative estimate of drug-likeness (QED) is 0.791. The van der Waals surface area contributed by atoms with Crippen molar-refractivity contribution in [2.45, 2.75) is 5.92 Å². The Kier molecular flexibility index (Phi) is 4.13. The molecule has 5 nitrogen and oxygen atoms in total. The van der Waals surface area contributed by atoms with E-state index in [4.69, 9.17) is 0 Å². The van der Waals surface area contributed by atoms with E-state index in [0.29, 0.717) is 12.1 Å². The number of likely N-dealkylation sites (tertiary alicyclic amines) is 1. The fourth-order valence-corrected chi connectivity index (χ4v) is 3.65. The first-order valence-corrected chi connectivity index (χ1v) is 8.55. The SMILES string of the molecule is O=C(O)[C@@H]1CN(C(=O)c2ccc3ncccc3c2)C[C@H]1c1ccccc1. The molecule has 0 bridgehead atoms. The van der Waals surface area contributed by atoms with Crippen LogP contribution in [0.15, 0.2) is 66.9 Å². The van der Waals surface area contributed by atoms with E-state index >= 15 is 0 Å². The minimum Gasteiger partial charge on any atom is -0.481 e. The summed E-state index contributed by atoms with van der Waals surface area (Å²) in [4.78, 5) is 30.6. The Hall–Kier alpha value is -3.21. The summed E-state index contributed by atoms with van der Waals surface area (Å²) in [6, 6.07) is 18.7. The second kappa shape index (κ2) is 6.59. The lowest BCUT2D eigenvalue weighted by molar-refractivity contribution is -0.141. The van der Waals surface area contributed by atoms with Crippen molar-refractivity contribution in [1.82, 2.24) is 9.88 Å². The van der Waals surface area contributed by atoms with Crippen LogP contribution in [0.4, 0.5) is 0 Å². The van der Waals surface area contributed by atoms with Gasteiger partial charge >= 0.3 is 5.97 Å². The molecule has 130 valence electrons. The second-order valence-corrected chi connectivity index (χ2v) is 6.58. The van der Waals surface area contributed by atoms with E-state index in [0.717, 1.165) is 16.5 Å². The van der Waals surface area contributed by atoms with Gasteiger partial charge in [0.2, 0.25) is 0 Å². The smallest absolute Gasteiger partial charge is 0.308 e. The van der Waals surface area contributed by atoms with Gasteiger partial charge in [-0.15, -0.1) is 0 Å². The molecule has 4 rings (SSSR count). The van der Waals surface area contributed by atoms with Crippen LogP contribution in [0.2, 0.25) is 0 Å². The van der Waals surface area contributed by atoms with Gasteiger partial charge in [-0.3, -0.25) is 14.6 Å². The minimum atomic E-state index is -0.864. The monoisotopic (exact) mass is 346 g/mol. The van der Waals surface area contributed by atoms with Gasteiger partial charge in [0.05, 0.1) is 11.4 Å². The molecule has 26 heavy (non-hydrogen) atoms. The molecule has 0 radical (unpaired) electrons. The third-order valence-corrected chi connectivity index (χ3v) is 5.00. The molecule has 1 saturated heterocycles. The topological polar surface area (TPSA) is 70.5 Å². The molecule has 2 aromatic carbocycles. The van der Waals surface area contributed by atoms with E-state index in [1.54, 1.807) is 17.2 Å². The molecular formula is C21H18N2O3. The lowest BCUT2D eigenvalue weighted by Gasteiger charge is -2.17. The van der Waals surface area contributed by atoms with E-state index in [1.807, 2.05) is 54.6 Å². The zero-order chi connectivity index (χ0) is 18.1. The molecule has 1 aliphatic heterocycles. The number of hydrogen-bond acceptors (Lipinski definition) is 3. The Balaban J connectivity index is 1.62. The molecule has 1 aromatic heterocycles. The molecule has 1 N–H and O–H groups in total. The molecular weight excluding hydrogens is 328 g/mol. The standard InChI is InChI=1S/C21H18N2O3/c24-20(16-8-9-19-15(11-16)7-4-10-22-19)23-12-17(18(13-23)21(25)26)14-5-2-1-3-6-14/h1-11,17-18H,12-13H2,(H,25,26)/t17-,18+/m0/s1. The fraction of sp³-hybridized carbons (Fsp3) is 0.190. The molecule has 1 amide bonds. The fourth-order valence-electron chi connectivity index (χ4n) is 3.65. The number of carbonyl (C=O) groups excluding carboxylic acids is 1. The Morgan fingerprint density at radius 1 is 1.00 bits per heavy atom. The number of amides is 1. The molecule has 3 aromatic rings. The van der Waals surface area contributed by atoms with Gasteiger partial charge in [-0.1, -0.05) is 36.4 Å². The number of pyridine rings is 1. The highest BCUT2D eigenvalue weighted by Gasteiger charge is 2.40. The largest absolute Gasteiger partial charge is 0.481 e. The van der Waals surface area contributed by atoms with Crippen LogP contribution in [0.25, 0.3) is 10.9 Å². The number of carbonyl (C=O) groups is 2. The predicted molar refractivity (Wildman–Crippen MR) is 98.0 cm³/mol. The van der Waals surface area contributed by atoms with Crippen LogP contribution < -0.4 is 0 Å².